The summed E-state index contributed by atoms with van der Waals surface area (Å²) < 4.78 is 22.6. The third-order valence-corrected chi connectivity index (χ3v) is 6.07. The molecule has 1 aliphatic rings. The van der Waals surface area contributed by atoms with Crippen molar-refractivity contribution in [1.82, 2.24) is 0 Å². The number of hydrogen-bond acceptors (Lipinski definition) is 5. The van der Waals surface area contributed by atoms with Crippen molar-refractivity contribution in [2.24, 2.45) is 0 Å². The van der Waals surface area contributed by atoms with Gasteiger partial charge in [0.15, 0.2) is 0 Å². The first-order valence-corrected chi connectivity index (χ1v) is 10.8. The standard InChI is InChI=1S/C26H29NO5/c1-15(12-24(28)27-21-13-17(29-3)10-11-23(21)30-4)19-14-20-18-8-6-7-9-22(18)32-26(20)16(2)25(19)31-5/h10-14H,6-9H2,1-5H3,(H,27,28)/b15-12+. The number of carbonyl (C=O) groups is 1. The first-order valence-electron chi connectivity index (χ1n) is 10.8. The number of ether oxygens (including phenoxy) is 3. The van der Waals surface area contributed by atoms with Crippen LogP contribution in [0, 0.1) is 6.92 Å². The van der Waals surface area contributed by atoms with Crippen LogP contribution < -0.4 is 19.5 Å². The minimum atomic E-state index is -0.261. The first-order chi connectivity index (χ1) is 15.5. The van der Waals surface area contributed by atoms with Crippen LogP contribution in [0.2, 0.25) is 0 Å². The molecule has 1 aliphatic carbocycles. The van der Waals surface area contributed by atoms with Gasteiger partial charge in [0, 0.05) is 40.6 Å². The largest absolute Gasteiger partial charge is 0.497 e. The topological polar surface area (TPSA) is 69.9 Å². The van der Waals surface area contributed by atoms with Crippen LogP contribution in [0.4, 0.5) is 5.69 Å². The number of rotatable bonds is 6. The maximum absolute atomic E-state index is 12.9. The Hall–Kier alpha value is -3.41. The smallest absolute Gasteiger partial charge is 0.248 e. The van der Waals surface area contributed by atoms with Gasteiger partial charge in [-0.2, -0.15) is 0 Å². The van der Waals surface area contributed by atoms with E-state index >= 15 is 0 Å². The van der Waals surface area contributed by atoms with E-state index in [4.69, 9.17) is 18.6 Å². The Kier molecular flexibility index (Phi) is 6.12. The van der Waals surface area contributed by atoms with Gasteiger partial charge in [-0.1, -0.05) is 0 Å². The van der Waals surface area contributed by atoms with Gasteiger partial charge in [0.25, 0.3) is 0 Å². The van der Waals surface area contributed by atoms with Crippen LogP contribution in [-0.4, -0.2) is 27.2 Å². The second kappa shape index (κ2) is 8.99. The summed E-state index contributed by atoms with van der Waals surface area (Å²) in [5, 5.41) is 4.01. The maximum atomic E-state index is 12.9. The molecule has 0 unspecified atom stereocenters. The van der Waals surface area contributed by atoms with Crippen LogP contribution in [-0.2, 0) is 17.6 Å². The highest BCUT2D eigenvalue weighted by atomic mass is 16.5. The summed E-state index contributed by atoms with van der Waals surface area (Å²) >= 11 is 0. The van der Waals surface area contributed by atoms with Crippen molar-refractivity contribution in [2.45, 2.75) is 39.5 Å². The molecule has 0 saturated heterocycles. The van der Waals surface area contributed by atoms with Gasteiger partial charge < -0.3 is 23.9 Å². The number of carbonyl (C=O) groups excluding carboxylic acids is 1. The number of nitrogens with one attached hydrogen (secondary N) is 1. The van der Waals surface area contributed by atoms with Crippen molar-refractivity contribution >= 4 is 28.1 Å². The number of hydrogen-bond donors (Lipinski definition) is 1. The number of allylic oxidation sites excluding steroid dienone is 1. The third kappa shape index (κ3) is 3.93. The van der Waals surface area contributed by atoms with Crippen LogP contribution in [0.5, 0.6) is 17.2 Å². The molecule has 1 heterocycles. The van der Waals surface area contributed by atoms with Crippen molar-refractivity contribution in [3.63, 3.8) is 0 Å². The minimum absolute atomic E-state index is 0.261. The molecule has 32 heavy (non-hydrogen) atoms. The second-order valence-electron chi connectivity index (χ2n) is 8.05. The van der Waals surface area contributed by atoms with E-state index in [1.54, 1.807) is 45.6 Å². The van der Waals surface area contributed by atoms with E-state index in [2.05, 4.69) is 11.4 Å². The van der Waals surface area contributed by atoms with Crippen LogP contribution in [0.3, 0.4) is 0 Å². The normalized spacial score (nSPS) is 13.6. The zero-order valence-corrected chi connectivity index (χ0v) is 19.3. The molecular weight excluding hydrogens is 406 g/mol. The van der Waals surface area contributed by atoms with Crippen molar-refractivity contribution < 1.29 is 23.4 Å². The average Bonchev–Trinajstić information content (AvgIpc) is 3.18. The van der Waals surface area contributed by atoms with E-state index in [1.165, 1.54) is 12.0 Å². The Balaban J connectivity index is 1.71. The number of benzene rings is 2. The van der Waals surface area contributed by atoms with Gasteiger partial charge in [-0.25, -0.2) is 0 Å². The summed E-state index contributed by atoms with van der Waals surface area (Å²) in [5.41, 5.74) is 5.37. The molecule has 0 spiro atoms. The summed E-state index contributed by atoms with van der Waals surface area (Å²) in [5.74, 6) is 2.74. The number of aryl methyl sites for hydroxylation is 3. The second-order valence-corrected chi connectivity index (χ2v) is 8.05. The SMILES string of the molecule is COc1ccc(OC)c(NC(=O)/C=C(\C)c2cc3c4c(oc3c(C)c2OC)CCCC4)c1. The predicted octanol–water partition coefficient (Wildman–Crippen LogP) is 5.69. The van der Waals surface area contributed by atoms with Gasteiger partial charge >= 0.3 is 0 Å². The first kappa shape index (κ1) is 21.8. The van der Waals surface area contributed by atoms with Gasteiger partial charge in [-0.05, 0) is 56.9 Å². The molecule has 0 aliphatic heterocycles. The number of anilines is 1. The van der Waals surface area contributed by atoms with Crippen LogP contribution >= 0.6 is 0 Å². The maximum Gasteiger partial charge on any atom is 0.248 e. The molecule has 3 aromatic rings. The molecule has 0 fully saturated rings. The lowest BCUT2D eigenvalue weighted by molar-refractivity contribution is -0.111. The molecule has 1 amide bonds. The zero-order valence-electron chi connectivity index (χ0n) is 19.3. The van der Waals surface area contributed by atoms with E-state index in [-0.39, 0.29) is 5.91 Å². The van der Waals surface area contributed by atoms with E-state index in [0.717, 1.165) is 58.4 Å². The fourth-order valence-corrected chi connectivity index (χ4v) is 4.45. The molecular formula is C26H29NO5. The fraction of sp³-hybridized carbons (Fsp3) is 0.346. The number of furan rings is 1. The van der Waals surface area contributed by atoms with Crippen LogP contribution in [0.1, 0.15) is 42.2 Å². The summed E-state index contributed by atoms with van der Waals surface area (Å²) in [6.07, 6.45) is 5.89. The highest BCUT2D eigenvalue weighted by Gasteiger charge is 2.23. The average molecular weight is 436 g/mol. The molecule has 6 heteroatoms. The molecule has 0 bridgehead atoms. The Labute approximate surface area is 188 Å². The lowest BCUT2D eigenvalue weighted by atomic mass is 9.93. The van der Waals surface area contributed by atoms with Crippen LogP contribution in [0.15, 0.2) is 34.8 Å². The van der Waals surface area contributed by atoms with Crippen molar-refractivity contribution in [3.8, 4) is 17.2 Å². The van der Waals surface area contributed by atoms with Gasteiger partial charge in [-0.15, -0.1) is 0 Å². The minimum Gasteiger partial charge on any atom is -0.497 e. The van der Waals surface area contributed by atoms with E-state index in [1.807, 2.05) is 13.8 Å². The van der Waals surface area contributed by atoms with Gasteiger partial charge in [0.1, 0.15) is 28.6 Å². The summed E-state index contributed by atoms with van der Waals surface area (Å²) in [6, 6.07) is 7.37. The lowest BCUT2D eigenvalue weighted by Gasteiger charge is -2.14. The number of amides is 1. The molecule has 4 rings (SSSR count). The van der Waals surface area contributed by atoms with E-state index in [9.17, 15) is 4.79 Å². The predicted molar refractivity (Wildman–Crippen MR) is 126 cm³/mol. The monoisotopic (exact) mass is 435 g/mol. The number of fused-ring (bicyclic) bond motifs is 3. The molecule has 0 saturated carbocycles. The molecule has 6 nitrogen and oxygen atoms in total. The van der Waals surface area contributed by atoms with E-state index < -0.39 is 0 Å². The summed E-state index contributed by atoms with van der Waals surface area (Å²) in [4.78, 5) is 12.9. The highest BCUT2D eigenvalue weighted by molar-refractivity contribution is 6.05. The van der Waals surface area contributed by atoms with Gasteiger partial charge in [0.2, 0.25) is 5.91 Å². The fourth-order valence-electron chi connectivity index (χ4n) is 4.45. The Morgan fingerprint density at radius 3 is 2.56 bits per heavy atom. The molecule has 1 aromatic heterocycles. The molecule has 0 atom stereocenters. The molecule has 1 N–H and O–H groups in total. The Bertz CT molecular complexity index is 1200. The summed E-state index contributed by atoms with van der Waals surface area (Å²) in [7, 11) is 4.79. The quantitative estimate of drug-likeness (QED) is 0.504. The molecule has 168 valence electrons. The Morgan fingerprint density at radius 1 is 1.06 bits per heavy atom. The van der Waals surface area contributed by atoms with Gasteiger partial charge in [-0.3, -0.25) is 4.79 Å². The molecule has 0 radical (unpaired) electrons. The highest BCUT2D eigenvalue weighted by Crippen LogP contribution is 2.41. The molecule has 2 aromatic carbocycles. The van der Waals surface area contributed by atoms with Crippen molar-refractivity contribution in [3.05, 3.63) is 52.8 Å². The van der Waals surface area contributed by atoms with Crippen molar-refractivity contribution in [2.75, 3.05) is 26.6 Å². The third-order valence-electron chi connectivity index (χ3n) is 6.07. The van der Waals surface area contributed by atoms with Crippen molar-refractivity contribution in [1.29, 1.82) is 0 Å². The Morgan fingerprint density at radius 2 is 1.84 bits per heavy atom. The van der Waals surface area contributed by atoms with E-state index in [0.29, 0.717) is 17.2 Å². The lowest BCUT2D eigenvalue weighted by Crippen LogP contribution is -2.10. The number of methoxy groups -OCH3 is 3. The van der Waals surface area contributed by atoms with Crippen LogP contribution in [0.25, 0.3) is 16.5 Å². The zero-order chi connectivity index (χ0) is 22.8. The summed E-state index contributed by atoms with van der Waals surface area (Å²) in [6.45, 7) is 3.92. The van der Waals surface area contributed by atoms with Gasteiger partial charge in [0.05, 0.1) is 27.0 Å².